The van der Waals surface area contributed by atoms with Gasteiger partial charge in [0, 0.05) is 18.3 Å². The van der Waals surface area contributed by atoms with Crippen molar-refractivity contribution in [2.24, 2.45) is 5.73 Å². The first-order chi connectivity index (χ1) is 9.41. The second-order valence-electron chi connectivity index (χ2n) is 4.52. The lowest BCUT2D eigenvalue weighted by molar-refractivity contribution is 0.508. The number of hydrogen-bond donors (Lipinski definition) is 1. The van der Waals surface area contributed by atoms with Crippen molar-refractivity contribution in [3.05, 3.63) is 59.2 Å². The molecule has 0 radical (unpaired) electrons. The van der Waals surface area contributed by atoms with Gasteiger partial charge in [0.25, 0.3) is 0 Å². The number of hydrogen-bond acceptors (Lipinski definition) is 2. The van der Waals surface area contributed by atoms with Crippen LogP contribution in [0.4, 0.5) is 20.2 Å². The zero-order valence-electron chi connectivity index (χ0n) is 11.2. The van der Waals surface area contributed by atoms with Crippen LogP contribution in [0.2, 0.25) is 0 Å². The quantitative estimate of drug-likeness (QED) is 0.875. The number of thiocarbonyl (C=S) groups is 1. The Kier molecular flexibility index (Phi) is 3.99. The monoisotopic (exact) mass is 292 g/mol. The highest BCUT2D eigenvalue weighted by molar-refractivity contribution is 7.80. The molecule has 0 fully saturated rings. The van der Waals surface area contributed by atoms with Crippen LogP contribution in [0.1, 0.15) is 11.1 Å². The van der Waals surface area contributed by atoms with Gasteiger partial charge in [0.2, 0.25) is 0 Å². The third kappa shape index (κ3) is 2.63. The van der Waals surface area contributed by atoms with Gasteiger partial charge in [-0.25, -0.2) is 8.78 Å². The topological polar surface area (TPSA) is 29.3 Å². The number of nitrogens with zero attached hydrogens (tertiary/aromatic N) is 1. The lowest BCUT2D eigenvalue weighted by Crippen LogP contribution is -2.16. The molecule has 0 aliphatic carbocycles. The predicted octanol–water partition coefficient (Wildman–Crippen LogP) is 3.68. The number of aryl methyl sites for hydroxylation is 1. The minimum atomic E-state index is -1.02. The molecule has 0 atom stereocenters. The van der Waals surface area contributed by atoms with E-state index in [-0.39, 0.29) is 16.2 Å². The van der Waals surface area contributed by atoms with Crippen molar-refractivity contribution in [1.29, 1.82) is 0 Å². The van der Waals surface area contributed by atoms with Gasteiger partial charge in [-0.05, 0) is 31.2 Å². The van der Waals surface area contributed by atoms with E-state index in [1.807, 2.05) is 31.2 Å². The number of rotatable bonds is 3. The summed E-state index contributed by atoms with van der Waals surface area (Å²) in [6.45, 7) is 1.96. The van der Waals surface area contributed by atoms with Gasteiger partial charge < -0.3 is 10.6 Å². The molecule has 2 rings (SSSR count). The Morgan fingerprint density at radius 2 is 1.65 bits per heavy atom. The molecule has 5 heteroatoms. The molecule has 0 saturated heterocycles. The van der Waals surface area contributed by atoms with Crippen molar-refractivity contribution in [3.8, 4) is 0 Å². The molecule has 2 nitrogen and oxygen atoms in total. The van der Waals surface area contributed by atoms with Crippen molar-refractivity contribution in [1.82, 2.24) is 0 Å². The molecule has 0 bridgehead atoms. The summed E-state index contributed by atoms with van der Waals surface area (Å²) in [4.78, 5) is 1.41. The molecule has 104 valence electrons. The van der Waals surface area contributed by atoms with Crippen molar-refractivity contribution in [2.75, 3.05) is 11.9 Å². The van der Waals surface area contributed by atoms with Crippen LogP contribution >= 0.6 is 12.2 Å². The van der Waals surface area contributed by atoms with Gasteiger partial charge in [-0.1, -0.05) is 29.9 Å². The minimum absolute atomic E-state index is 0.0847. The van der Waals surface area contributed by atoms with Crippen molar-refractivity contribution >= 4 is 28.6 Å². The van der Waals surface area contributed by atoms with Crippen molar-refractivity contribution < 1.29 is 8.78 Å². The zero-order chi connectivity index (χ0) is 14.9. The van der Waals surface area contributed by atoms with Gasteiger partial charge >= 0.3 is 0 Å². The summed E-state index contributed by atoms with van der Waals surface area (Å²) >= 11 is 4.68. The molecule has 20 heavy (non-hydrogen) atoms. The van der Waals surface area contributed by atoms with Gasteiger partial charge in [-0.3, -0.25) is 0 Å². The highest BCUT2D eigenvalue weighted by Gasteiger charge is 2.18. The minimum Gasteiger partial charge on any atom is -0.389 e. The first-order valence-electron chi connectivity index (χ1n) is 6.00. The third-order valence-electron chi connectivity index (χ3n) is 3.11. The summed E-state index contributed by atoms with van der Waals surface area (Å²) in [5, 5.41) is 0. The second-order valence-corrected chi connectivity index (χ2v) is 4.96. The fourth-order valence-electron chi connectivity index (χ4n) is 1.90. The molecular formula is C15H14F2N2S. The van der Waals surface area contributed by atoms with E-state index in [1.54, 1.807) is 11.9 Å². The van der Waals surface area contributed by atoms with Gasteiger partial charge in [0.1, 0.15) is 4.99 Å². The Balaban J connectivity index is 2.45. The smallest absolute Gasteiger partial charge is 0.183 e. The average molecular weight is 292 g/mol. The van der Waals surface area contributed by atoms with E-state index in [0.29, 0.717) is 0 Å². The molecule has 0 amide bonds. The summed E-state index contributed by atoms with van der Waals surface area (Å²) in [6, 6.07) is 10.3. The molecule has 2 aromatic carbocycles. The first kappa shape index (κ1) is 14.4. The molecule has 0 saturated carbocycles. The third-order valence-corrected chi connectivity index (χ3v) is 3.33. The highest BCUT2D eigenvalue weighted by Crippen LogP contribution is 2.29. The van der Waals surface area contributed by atoms with E-state index in [1.165, 1.54) is 12.1 Å². The number of nitrogens with two attached hydrogens (primary N) is 1. The van der Waals surface area contributed by atoms with Crippen LogP contribution in [0.15, 0.2) is 36.4 Å². The van der Waals surface area contributed by atoms with Crippen molar-refractivity contribution in [3.63, 3.8) is 0 Å². The van der Waals surface area contributed by atoms with Crippen LogP contribution in [-0.4, -0.2) is 12.0 Å². The van der Waals surface area contributed by atoms with E-state index in [0.717, 1.165) is 11.3 Å². The SMILES string of the molecule is Cc1ccc(N(C)c2ccc(C(N)=S)c(F)c2F)cc1. The second kappa shape index (κ2) is 5.54. The molecule has 0 aromatic heterocycles. The van der Waals surface area contributed by atoms with Crippen LogP contribution in [0, 0.1) is 18.6 Å². The van der Waals surface area contributed by atoms with Gasteiger partial charge in [0.15, 0.2) is 11.6 Å². The molecular weight excluding hydrogens is 278 g/mol. The van der Waals surface area contributed by atoms with E-state index in [9.17, 15) is 8.78 Å². The molecule has 0 spiro atoms. The lowest BCUT2D eigenvalue weighted by atomic mass is 10.1. The molecule has 0 aliphatic heterocycles. The lowest BCUT2D eigenvalue weighted by Gasteiger charge is -2.21. The summed E-state index contributed by atoms with van der Waals surface area (Å²) < 4.78 is 28.0. The fourth-order valence-corrected chi connectivity index (χ4v) is 2.05. The average Bonchev–Trinajstić information content (AvgIpc) is 2.41. The first-order valence-corrected chi connectivity index (χ1v) is 6.41. The van der Waals surface area contributed by atoms with Gasteiger partial charge in [-0.15, -0.1) is 0 Å². The maximum absolute atomic E-state index is 14.1. The summed E-state index contributed by atoms with van der Waals surface area (Å²) in [7, 11) is 1.67. The Bertz CT molecular complexity index is 654. The van der Waals surface area contributed by atoms with E-state index >= 15 is 0 Å². The van der Waals surface area contributed by atoms with Crippen LogP contribution in [0.3, 0.4) is 0 Å². The maximum atomic E-state index is 14.1. The maximum Gasteiger partial charge on any atom is 0.183 e. The van der Waals surface area contributed by atoms with Crippen LogP contribution in [0.25, 0.3) is 0 Å². The standard InChI is InChI=1S/C15H14F2N2S/c1-9-3-5-10(6-4-9)19(2)12-8-7-11(15(18)20)13(16)14(12)17/h3-8H,1-2H3,(H2,18,20). The van der Waals surface area contributed by atoms with E-state index < -0.39 is 11.6 Å². The van der Waals surface area contributed by atoms with Gasteiger partial charge in [0.05, 0.1) is 5.69 Å². The van der Waals surface area contributed by atoms with Crippen LogP contribution in [-0.2, 0) is 0 Å². The van der Waals surface area contributed by atoms with E-state index in [2.05, 4.69) is 12.2 Å². The van der Waals surface area contributed by atoms with Crippen molar-refractivity contribution in [2.45, 2.75) is 6.92 Å². The fraction of sp³-hybridized carbons (Fsp3) is 0.133. The molecule has 2 aromatic rings. The Morgan fingerprint density at radius 3 is 2.20 bits per heavy atom. The molecule has 2 N–H and O–H groups in total. The predicted molar refractivity (Wildman–Crippen MR) is 81.5 cm³/mol. The number of halogens is 2. The number of benzene rings is 2. The zero-order valence-corrected chi connectivity index (χ0v) is 12.0. The normalized spacial score (nSPS) is 10.4. The molecule has 0 heterocycles. The van der Waals surface area contributed by atoms with Crippen LogP contribution in [0.5, 0.6) is 0 Å². The summed E-state index contributed by atoms with van der Waals surface area (Å²) in [5.74, 6) is -1.98. The van der Waals surface area contributed by atoms with Gasteiger partial charge in [-0.2, -0.15) is 0 Å². The Morgan fingerprint density at radius 1 is 1.05 bits per heavy atom. The largest absolute Gasteiger partial charge is 0.389 e. The highest BCUT2D eigenvalue weighted by atomic mass is 32.1. The molecule has 0 unspecified atom stereocenters. The number of anilines is 2. The summed E-state index contributed by atoms with van der Waals surface area (Å²) in [6.07, 6.45) is 0. The van der Waals surface area contributed by atoms with E-state index in [4.69, 9.17) is 5.73 Å². The molecule has 0 aliphatic rings. The Labute approximate surface area is 121 Å². The summed E-state index contributed by atoms with van der Waals surface area (Å²) in [5.41, 5.74) is 7.25. The van der Waals surface area contributed by atoms with Crippen LogP contribution < -0.4 is 10.6 Å². The Hall–Kier alpha value is -2.01.